The summed E-state index contributed by atoms with van der Waals surface area (Å²) in [5.41, 5.74) is 0. The summed E-state index contributed by atoms with van der Waals surface area (Å²) in [7, 11) is 0. The Hall–Kier alpha value is -0.620. The molecule has 0 saturated heterocycles. The molecule has 9 heteroatoms. The van der Waals surface area contributed by atoms with E-state index in [0.717, 1.165) is 6.08 Å². The summed E-state index contributed by atoms with van der Waals surface area (Å²) in [5.74, 6) is -3.50. The van der Waals surface area contributed by atoms with Gasteiger partial charge in [-0.15, -0.1) is 15.2 Å². The maximum atomic E-state index is 13.0. The maximum Gasteiger partial charge on any atom is 0.330 e. The van der Waals surface area contributed by atoms with Crippen molar-refractivity contribution in [2.45, 2.75) is 10.8 Å². The highest BCUT2D eigenvalue weighted by Gasteiger charge is 2.43. The number of alkyl halides is 4. The number of rotatable bonds is 3. The van der Waals surface area contributed by atoms with Gasteiger partial charge < -0.3 is 0 Å². The van der Waals surface area contributed by atoms with E-state index in [1.54, 1.807) is 0 Å². The van der Waals surface area contributed by atoms with Gasteiger partial charge in [0, 0.05) is 0 Å². The molecule has 1 aromatic heterocycles. The van der Waals surface area contributed by atoms with Gasteiger partial charge in [-0.1, -0.05) is 34.5 Å². The normalized spacial score (nSPS) is 11.5. The van der Waals surface area contributed by atoms with Crippen LogP contribution in [0.15, 0.2) is 4.99 Å². The van der Waals surface area contributed by atoms with Gasteiger partial charge in [0.1, 0.15) is 0 Å². The van der Waals surface area contributed by atoms with Gasteiger partial charge >= 0.3 is 5.92 Å². The van der Waals surface area contributed by atoms with Crippen LogP contribution in [0.25, 0.3) is 0 Å². The molecule has 1 heterocycles. The smallest absolute Gasteiger partial charge is 0.211 e. The zero-order chi connectivity index (χ0) is 10.8. The quantitative estimate of drug-likeness (QED) is 0.476. The molecule has 14 heavy (non-hydrogen) atoms. The van der Waals surface area contributed by atoms with Crippen LogP contribution in [0, 0.1) is 0 Å². The molecule has 4 nitrogen and oxygen atoms in total. The molecule has 76 valence electrons. The first-order chi connectivity index (χ1) is 6.48. The van der Waals surface area contributed by atoms with Crippen molar-refractivity contribution < 1.29 is 13.6 Å². The molecular formula is C5HCl2F2N3OS. The molecule has 0 radical (unpaired) electrons. The second kappa shape index (κ2) is 4.27. The summed E-state index contributed by atoms with van der Waals surface area (Å²) in [4.78, 5) is 10.9. The molecule has 1 rings (SSSR count). The third kappa shape index (κ3) is 2.24. The summed E-state index contributed by atoms with van der Waals surface area (Å²) in [5, 5.41) is 5.39. The lowest BCUT2D eigenvalue weighted by Gasteiger charge is -2.12. The summed E-state index contributed by atoms with van der Waals surface area (Å²) < 4.78 is 26.1. The van der Waals surface area contributed by atoms with Gasteiger partial charge in [0.15, 0.2) is 9.84 Å². The van der Waals surface area contributed by atoms with Crippen molar-refractivity contribution in [1.29, 1.82) is 0 Å². The second-order valence-electron chi connectivity index (χ2n) is 2.02. The highest BCUT2D eigenvalue weighted by molar-refractivity contribution is 7.15. The Labute approximate surface area is 90.6 Å². The van der Waals surface area contributed by atoms with E-state index in [4.69, 9.17) is 23.2 Å². The van der Waals surface area contributed by atoms with Crippen LogP contribution in [-0.4, -0.2) is 21.1 Å². The third-order valence-electron chi connectivity index (χ3n) is 1.11. The van der Waals surface area contributed by atoms with Gasteiger partial charge in [-0.25, -0.2) is 4.79 Å². The molecule has 0 atom stereocenters. The SMILES string of the molecule is O=C=Nc1nnc(C(F)(F)C(Cl)Cl)s1. The molecule has 0 saturated carbocycles. The van der Waals surface area contributed by atoms with Gasteiger partial charge in [-0.05, 0) is 0 Å². The zero-order valence-electron chi connectivity index (χ0n) is 6.25. The van der Waals surface area contributed by atoms with Crippen molar-refractivity contribution in [2.24, 2.45) is 4.99 Å². The Balaban J connectivity index is 3.02. The highest BCUT2D eigenvalue weighted by Crippen LogP contribution is 2.39. The van der Waals surface area contributed by atoms with Crippen molar-refractivity contribution in [3.05, 3.63) is 5.01 Å². The molecule has 0 N–H and O–H groups in total. The lowest BCUT2D eigenvalue weighted by molar-refractivity contribution is 0.00996. The summed E-state index contributed by atoms with van der Waals surface area (Å²) in [6, 6.07) is 0. The largest absolute Gasteiger partial charge is 0.330 e. The van der Waals surface area contributed by atoms with Crippen LogP contribution in [0.3, 0.4) is 0 Å². The minimum absolute atomic E-state index is 0.219. The first-order valence-electron chi connectivity index (χ1n) is 3.06. The van der Waals surface area contributed by atoms with Gasteiger partial charge in [-0.2, -0.15) is 8.78 Å². The zero-order valence-corrected chi connectivity index (χ0v) is 8.58. The molecule has 0 aromatic carbocycles. The molecule has 0 aliphatic heterocycles. The third-order valence-corrected chi connectivity index (χ3v) is 2.57. The van der Waals surface area contributed by atoms with E-state index in [2.05, 4.69) is 15.2 Å². The number of hydrogen-bond donors (Lipinski definition) is 0. The molecule has 0 bridgehead atoms. The molecule has 0 aliphatic carbocycles. The lowest BCUT2D eigenvalue weighted by atomic mass is 10.4. The van der Waals surface area contributed by atoms with E-state index >= 15 is 0 Å². The van der Waals surface area contributed by atoms with E-state index in [1.165, 1.54) is 0 Å². The molecule has 0 fully saturated rings. The number of aliphatic imine (C=N–C) groups is 1. The number of isocyanates is 1. The van der Waals surface area contributed by atoms with Crippen LogP contribution in [0.2, 0.25) is 0 Å². The van der Waals surface area contributed by atoms with Gasteiger partial charge in [-0.3, -0.25) is 0 Å². The average molecular weight is 260 g/mol. The van der Waals surface area contributed by atoms with Crippen molar-refractivity contribution in [3.8, 4) is 0 Å². The molecule has 0 spiro atoms. The maximum absolute atomic E-state index is 13.0. The van der Waals surface area contributed by atoms with E-state index in [-0.39, 0.29) is 5.13 Å². The highest BCUT2D eigenvalue weighted by atomic mass is 35.5. The minimum Gasteiger partial charge on any atom is -0.211 e. The molecule has 0 unspecified atom stereocenters. The van der Waals surface area contributed by atoms with Crippen molar-refractivity contribution >= 4 is 45.8 Å². The Morgan fingerprint density at radius 1 is 1.50 bits per heavy atom. The number of carbonyl (C=O) groups excluding carboxylic acids is 1. The lowest BCUT2D eigenvalue weighted by Crippen LogP contribution is -2.21. The van der Waals surface area contributed by atoms with Crippen LogP contribution < -0.4 is 0 Å². The number of nitrogens with zero attached hydrogens (tertiary/aromatic N) is 3. The van der Waals surface area contributed by atoms with Crippen LogP contribution in [-0.2, 0) is 10.7 Å². The van der Waals surface area contributed by atoms with Gasteiger partial charge in [0.2, 0.25) is 11.2 Å². The van der Waals surface area contributed by atoms with E-state index < -0.39 is 15.8 Å². The topological polar surface area (TPSA) is 55.2 Å². The van der Waals surface area contributed by atoms with E-state index in [1.807, 2.05) is 0 Å². The fourth-order valence-corrected chi connectivity index (χ4v) is 1.54. The predicted molar refractivity (Wildman–Crippen MR) is 47.1 cm³/mol. The van der Waals surface area contributed by atoms with Gasteiger partial charge in [0.05, 0.1) is 0 Å². The Bertz CT molecular complexity index is 377. The second-order valence-corrected chi connectivity index (χ2v) is 4.07. The number of hydrogen-bond acceptors (Lipinski definition) is 5. The van der Waals surface area contributed by atoms with Crippen LogP contribution >= 0.6 is 34.5 Å². The average Bonchev–Trinajstić information content (AvgIpc) is 2.53. The van der Waals surface area contributed by atoms with Crippen molar-refractivity contribution in [1.82, 2.24) is 10.2 Å². The summed E-state index contributed by atoms with van der Waals surface area (Å²) >= 11 is 10.5. The fraction of sp³-hybridized carbons (Fsp3) is 0.400. The molecule has 1 aromatic rings. The monoisotopic (exact) mass is 259 g/mol. The Morgan fingerprint density at radius 3 is 2.64 bits per heavy atom. The number of halogens is 4. The van der Waals surface area contributed by atoms with E-state index in [0.29, 0.717) is 11.3 Å². The first kappa shape index (κ1) is 11.5. The van der Waals surface area contributed by atoms with Crippen molar-refractivity contribution in [2.75, 3.05) is 0 Å². The Kier molecular flexibility index (Phi) is 3.49. The van der Waals surface area contributed by atoms with Gasteiger partial charge in [0.25, 0.3) is 0 Å². The minimum atomic E-state index is -3.50. The van der Waals surface area contributed by atoms with Crippen LogP contribution in [0.4, 0.5) is 13.9 Å². The van der Waals surface area contributed by atoms with Crippen LogP contribution in [0.5, 0.6) is 0 Å². The predicted octanol–water partition coefficient (Wildman–Crippen LogP) is 2.40. The van der Waals surface area contributed by atoms with Crippen molar-refractivity contribution in [3.63, 3.8) is 0 Å². The summed E-state index contributed by atoms with van der Waals surface area (Å²) in [6.45, 7) is 0. The van der Waals surface area contributed by atoms with Crippen LogP contribution in [0.1, 0.15) is 5.01 Å². The standard InChI is InChI=1S/C5HCl2F2N3OS/c6-2(7)5(8,9)3-11-12-4(14-3)10-1-13/h2H. The van der Waals surface area contributed by atoms with E-state index in [9.17, 15) is 13.6 Å². The summed E-state index contributed by atoms with van der Waals surface area (Å²) in [6.07, 6.45) is 1.15. The fourth-order valence-electron chi connectivity index (χ4n) is 0.528. The molecule has 0 aliphatic rings. The number of aromatic nitrogens is 2. The Morgan fingerprint density at radius 2 is 2.14 bits per heavy atom. The molecule has 0 amide bonds. The first-order valence-corrected chi connectivity index (χ1v) is 4.75. The molecular weight excluding hydrogens is 259 g/mol.